The Morgan fingerprint density at radius 2 is 2.18 bits per heavy atom. The van der Waals surface area contributed by atoms with Crippen LogP contribution in [0.4, 0.5) is 0 Å². The van der Waals surface area contributed by atoms with Crippen LogP contribution in [-0.2, 0) is 29.3 Å². The Morgan fingerprint density at radius 1 is 1.41 bits per heavy atom. The van der Waals surface area contributed by atoms with Crippen LogP contribution in [0, 0.1) is 6.92 Å². The second-order valence-corrected chi connectivity index (χ2v) is 8.29. The van der Waals surface area contributed by atoms with Crippen LogP contribution < -0.4 is 5.56 Å². The van der Waals surface area contributed by atoms with Crippen molar-refractivity contribution >= 4 is 21.2 Å². The summed E-state index contributed by atoms with van der Waals surface area (Å²) in [5.41, 5.74) is 1.75. The SMILES string of the molecule is Cc1csc(CN2CCc3nc(S(C)(=O)=O)[nH]c(=O)c3C2)n1. The number of aromatic amines is 1. The van der Waals surface area contributed by atoms with E-state index in [0.717, 1.165) is 23.5 Å². The third kappa shape index (κ3) is 3.11. The number of sulfone groups is 1. The smallest absolute Gasteiger partial charge is 0.256 e. The second-order valence-electron chi connectivity index (χ2n) is 5.41. The van der Waals surface area contributed by atoms with Gasteiger partial charge in [0.1, 0.15) is 5.01 Å². The monoisotopic (exact) mass is 340 g/mol. The highest BCUT2D eigenvalue weighted by Crippen LogP contribution is 2.18. The van der Waals surface area contributed by atoms with Crippen molar-refractivity contribution in [3.63, 3.8) is 0 Å². The van der Waals surface area contributed by atoms with Crippen LogP contribution in [0.5, 0.6) is 0 Å². The average Bonchev–Trinajstić information content (AvgIpc) is 2.83. The number of fused-ring (bicyclic) bond motifs is 1. The average molecular weight is 340 g/mol. The van der Waals surface area contributed by atoms with Crippen molar-refractivity contribution in [2.75, 3.05) is 12.8 Å². The van der Waals surface area contributed by atoms with Crippen molar-refractivity contribution in [1.29, 1.82) is 0 Å². The molecule has 0 amide bonds. The summed E-state index contributed by atoms with van der Waals surface area (Å²) in [5, 5.41) is 2.76. The van der Waals surface area contributed by atoms with Crippen molar-refractivity contribution in [1.82, 2.24) is 19.9 Å². The quantitative estimate of drug-likeness (QED) is 0.817. The fourth-order valence-corrected chi connectivity index (χ4v) is 3.80. The number of rotatable bonds is 3. The predicted octanol–water partition coefficient (Wildman–Crippen LogP) is 0.497. The minimum absolute atomic E-state index is 0.250. The first kappa shape index (κ1) is 15.3. The van der Waals surface area contributed by atoms with E-state index in [4.69, 9.17) is 0 Å². The molecule has 118 valence electrons. The summed E-state index contributed by atoms with van der Waals surface area (Å²) >= 11 is 1.60. The molecule has 0 atom stereocenters. The van der Waals surface area contributed by atoms with Gasteiger partial charge in [0.25, 0.3) is 5.56 Å². The zero-order chi connectivity index (χ0) is 15.9. The van der Waals surface area contributed by atoms with Gasteiger partial charge in [-0.2, -0.15) is 0 Å². The fourth-order valence-electron chi connectivity index (χ4n) is 2.44. The van der Waals surface area contributed by atoms with Crippen LogP contribution >= 0.6 is 11.3 Å². The number of aryl methyl sites for hydroxylation is 1. The summed E-state index contributed by atoms with van der Waals surface area (Å²) in [6, 6.07) is 0. The fraction of sp³-hybridized carbons (Fsp3) is 0.462. The minimum atomic E-state index is -3.51. The second kappa shape index (κ2) is 5.56. The molecule has 22 heavy (non-hydrogen) atoms. The molecule has 0 spiro atoms. The number of nitrogens with zero attached hydrogens (tertiary/aromatic N) is 3. The van der Waals surface area contributed by atoms with Crippen molar-refractivity contribution in [3.05, 3.63) is 37.7 Å². The largest absolute Gasteiger partial charge is 0.297 e. The maximum Gasteiger partial charge on any atom is 0.256 e. The third-order valence-electron chi connectivity index (χ3n) is 3.50. The molecule has 0 saturated carbocycles. The van der Waals surface area contributed by atoms with Gasteiger partial charge < -0.3 is 0 Å². The lowest BCUT2D eigenvalue weighted by molar-refractivity contribution is 0.240. The van der Waals surface area contributed by atoms with Crippen LogP contribution in [0.2, 0.25) is 0 Å². The molecule has 1 aliphatic rings. The zero-order valence-corrected chi connectivity index (χ0v) is 13.9. The van der Waals surface area contributed by atoms with Gasteiger partial charge in [-0.15, -0.1) is 11.3 Å². The first-order chi connectivity index (χ1) is 10.3. The summed E-state index contributed by atoms with van der Waals surface area (Å²) in [4.78, 5) is 25.2. The predicted molar refractivity (Wildman–Crippen MR) is 82.6 cm³/mol. The lowest BCUT2D eigenvalue weighted by Crippen LogP contribution is -2.36. The van der Waals surface area contributed by atoms with Gasteiger partial charge in [-0.3, -0.25) is 14.7 Å². The highest BCUT2D eigenvalue weighted by Gasteiger charge is 2.23. The molecule has 3 heterocycles. The molecule has 9 heteroatoms. The van der Waals surface area contributed by atoms with E-state index in [1.165, 1.54) is 0 Å². The molecule has 0 aliphatic carbocycles. The molecule has 0 fully saturated rings. The molecule has 0 bridgehead atoms. The van der Waals surface area contributed by atoms with Crippen LogP contribution in [-0.4, -0.2) is 41.1 Å². The molecule has 3 rings (SSSR count). The number of nitrogens with one attached hydrogen (secondary N) is 1. The summed E-state index contributed by atoms with van der Waals surface area (Å²) in [6.45, 7) is 3.82. The van der Waals surface area contributed by atoms with Crippen molar-refractivity contribution in [3.8, 4) is 0 Å². The maximum absolute atomic E-state index is 12.1. The first-order valence-electron chi connectivity index (χ1n) is 6.78. The molecule has 1 aliphatic heterocycles. The Labute approximate surface area is 132 Å². The molecular formula is C13H16N4O3S2. The van der Waals surface area contributed by atoms with Gasteiger partial charge in [0.2, 0.25) is 15.0 Å². The Kier molecular flexibility index (Phi) is 3.87. The van der Waals surface area contributed by atoms with E-state index in [1.807, 2.05) is 12.3 Å². The Hall–Kier alpha value is -1.58. The van der Waals surface area contributed by atoms with Crippen LogP contribution in [0.1, 0.15) is 22.0 Å². The zero-order valence-electron chi connectivity index (χ0n) is 12.3. The van der Waals surface area contributed by atoms with Gasteiger partial charge >= 0.3 is 0 Å². The molecule has 0 aromatic carbocycles. The Balaban J connectivity index is 1.86. The van der Waals surface area contributed by atoms with Crippen LogP contribution in [0.3, 0.4) is 0 Å². The van der Waals surface area contributed by atoms with Gasteiger partial charge in [-0.25, -0.2) is 18.4 Å². The number of H-pyrrole nitrogens is 1. The van der Waals surface area contributed by atoms with Crippen LogP contribution in [0.15, 0.2) is 15.3 Å². The summed E-state index contributed by atoms with van der Waals surface area (Å²) < 4.78 is 23.1. The van der Waals surface area contributed by atoms with E-state index in [1.54, 1.807) is 11.3 Å². The molecule has 0 unspecified atom stereocenters. The van der Waals surface area contributed by atoms with E-state index < -0.39 is 9.84 Å². The van der Waals surface area contributed by atoms with E-state index in [0.29, 0.717) is 30.8 Å². The highest BCUT2D eigenvalue weighted by molar-refractivity contribution is 7.90. The topological polar surface area (TPSA) is 96.0 Å². The number of hydrogen-bond donors (Lipinski definition) is 1. The van der Waals surface area contributed by atoms with Gasteiger partial charge in [0, 0.05) is 36.8 Å². The van der Waals surface area contributed by atoms with E-state index in [2.05, 4.69) is 19.9 Å². The van der Waals surface area contributed by atoms with Crippen molar-refractivity contribution < 1.29 is 8.42 Å². The highest BCUT2D eigenvalue weighted by atomic mass is 32.2. The molecule has 2 aromatic heterocycles. The van der Waals surface area contributed by atoms with Gasteiger partial charge in [-0.05, 0) is 6.92 Å². The summed E-state index contributed by atoms with van der Waals surface area (Å²) in [7, 11) is -3.51. The van der Waals surface area contributed by atoms with Gasteiger partial charge in [-0.1, -0.05) is 0 Å². The molecule has 0 radical (unpaired) electrons. The van der Waals surface area contributed by atoms with E-state index in [9.17, 15) is 13.2 Å². The molecular weight excluding hydrogens is 324 g/mol. The van der Waals surface area contributed by atoms with Crippen LogP contribution in [0.25, 0.3) is 0 Å². The number of hydrogen-bond acceptors (Lipinski definition) is 7. The number of aromatic nitrogens is 3. The lowest BCUT2D eigenvalue weighted by atomic mass is 10.1. The van der Waals surface area contributed by atoms with E-state index in [-0.39, 0.29) is 10.7 Å². The minimum Gasteiger partial charge on any atom is -0.297 e. The molecule has 0 saturated heterocycles. The Morgan fingerprint density at radius 3 is 2.82 bits per heavy atom. The molecule has 7 nitrogen and oxygen atoms in total. The molecule has 1 N–H and O–H groups in total. The summed E-state index contributed by atoms with van der Waals surface area (Å²) in [6.07, 6.45) is 1.60. The lowest BCUT2D eigenvalue weighted by Gasteiger charge is -2.26. The first-order valence-corrected chi connectivity index (χ1v) is 9.55. The van der Waals surface area contributed by atoms with E-state index >= 15 is 0 Å². The Bertz CT molecular complexity index is 870. The standard InChI is InChI=1S/C13H16N4O3S2/c1-8-7-21-11(14-8)6-17-4-3-10-9(5-17)12(18)16-13(15-10)22(2,19)20/h7H,3-6H2,1-2H3,(H,15,16,18). The molecule has 2 aromatic rings. The number of thiazole rings is 1. The van der Waals surface area contributed by atoms with Gasteiger partial charge in [0.05, 0.1) is 17.8 Å². The summed E-state index contributed by atoms with van der Waals surface area (Å²) in [5.74, 6) is 0. The third-order valence-corrected chi connectivity index (χ3v) is 5.35. The van der Waals surface area contributed by atoms with Gasteiger partial charge in [0.15, 0.2) is 0 Å². The maximum atomic E-state index is 12.1. The van der Waals surface area contributed by atoms with Crippen molar-refractivity contribution in [2.24, 2.45) is 0 Å². The normalized spacial score (nSPS) is 15.7. The van der Waals surface area contributed by atoms with Crippen molar-refractivity contribution in [2.45, 2.75) is 31.6 Å².